The normalized spacial score (nSPS) is 19.8. The average molecular weight is 292 g/mol. The largest absolute Gasteiger partial charge is 0.498 e. The molecule has 0 atom stereocenters. The van der Waals surface area contributed by atoms with Gasteiger partial charge in [-0.25, -0.2) is 0 Å². The first kappa shape index (κ1) is 16.3. The van der Waals surface area contributed by atoms with Crippen LogP contribution in [0.4, 0.5) is 0 Å². The Bertz CT molecular complexity index is 457. The minimum Gasteiger partial charge on any atom is -0.494 e. The van der Waals surface area contributed by atoms with E-state index in [4.69, 9.17) is 18.8 Å². The van der Waals surface area contributed by atoms with Crippen molar-refractivity contribution in [3.63, 3.8) is 0 Å². The summed E-state index contributed by atoms with van der Waals surface area (Å²) in [5.41, 5.74) is 0.246. The molecule has 0 radical (unpaired) electrons. The molecule has 21 heavy (non-hydrogen) atoms. The molecule has 1 fully saturated rings. The fraction of sp³-hybridized carbons (Fsp3) is 0.625. The second-order valence-corrected chi connectivity index (χ2v) is 6.32. The van der Waals surface area contributed by atoms with E-state index in [1.807, 2.05) is 24.3 Å². The van der Waals surface area contributed by atoms with Crippen molar-refractivity contribution in [2.75, 3.05) is 20.3 Å². The summed E-state index contributed by atoms with van der Waals surface area (Å²) in [6.07, 6.45) is 0.855. The zero-order chi connectivity index (χ0) is 15.5. The second kappa shape index (κ2) is 6.38. The maximum Gasteiger partial charge on any atom is 0.498 e. The fourth-order valence-electron chi connectivity index (χ4n) is 2.16. The van der Waals surface area contributed by atoms with Crippen LogP contribution in [0.25, 0.3) is 0 Å². The summed E-state index contributed by atoms with van der Waals surface area (Å²) in [7, 11) is 1.30. The quantitative estimate of drug-likeness (QED) is 0.596. The third-order valence-corrected chi connectivity index (χ3v) is 4.18. The molecule has 1 saturated heterocycles. The predicted molar refractivity (Wildman–Crippen MR) is 84.1 cm³/mol. The summed E-state index contributed by atoms with van der Waals surface area (Å²) < 4.78 is 23.1. The van der Waals surface area contributed by atoms with Gasteiger partial charge in [0.05, 0.1) is 17.8 Å². The molecule has 2 rings (SSSR count). The maximum atomic E-state index is 6.09. The number of para-hydroxylation sites is 1. The molecular formula is C16H25BO4. The third-order valence-electron chi connectivity index (χ3n) is 4.18. The van der Waals surface area contributed by atoms with Crippen molar-refractivity contribution in [2.45, 2.75) is 45.3 Å². The van der Waals surface area contributed by atoms with Crippen LogP contribution >= 0.6 is 0 Å². The van der Waals surface area contributed by atoms with Crippen LogP contribution in [0, 0.1) is 0 Å². The van der Waals surface area contributed by atoms with Crippen LogP contribution in [0.15, 0.2) is 24.3 Å². The molecule has 1 aliphatic rings. The molecule has 0 spiro atoms. The van der Waals surface area contributed by atoms with Gasteiger partial charge in [-0.1, -0.05) is 18.2 Å². The number of rotatable bonds is 6. The topological polar surface area (TPSA) is 36.9 Å². The van der Waals surface area contributed by atoms with Gasteiger partial charge >= 0.3 is 7.12 Å². The van der Waals surface area contributed by atoms with Crippen LogP contribution in [0.2, 0.25) is 0 Å². The van der Waals surface area contributed by atoms with Crippen molar-refractivity contribution in [1.29, 1.82) is 0 Å². The van der Waals surface area contributed by atoms with Crippen LogP contribution in [0.1, 0.15) is 34.1 Å². The molecule has 0 aromatic heterocycles. The minimum atomic E-state index is -0.395. The monoisotopic (exact) mass is 292 g/mol. The maximum absolute atomic E-state index is 6.09. The van der Waals surface area contributed by atoms with Crippen LogP contribution in [0.3, 0.4) is 0 Å². The molecule has 0 aliphatic carbocycles. The molecule has 1 heterocycles. The smallest absolute Gasteiger partial charge is 0.494 e. The molecule has 1 aliphatic heterocycles. The number of ether oxygens (including phenoxy) is 2. The first-order valence-corrected chi connectivity index (χ1v) is 7.44. The van der Waals surface area contributed by atoms with Gasteiger partial charge < -0.3 is 18.8 Å². The number of methoxy groups -OCH3 is 1. The lowest BCUT2D eigenvalue weighted by atomic mass is 9.78. The molecule has 0 bridgehead atoms. The van der Waals surface area contributed by atoms with Gasteiger partial charge in [0.25, 0.3) is 0 Å². The summed E-state index contributed by atoms with van der Waals surface area (Å²) in [4.78, 5) is 0. The van der Waals surface area contributed by atoms with Crippen molar-refractivity contribution < 1.29 is 18.8 Å². The van der Waals surface area contributed by atoms with Gasteiger partial charge in [0.2, 0.25) is 0 Å². The van der Waals surface area contributed by atoms with Gasteiger partial charge in [-0.3, -0.25) is 0 Å². The van der Waals surface area contributed by atoms with Crippen LogP contribution in [-0.2, 0) is 14.0 Å². The van der Waals surface area contributed by atoms with E-state index in [1.54, 1.807) is 7.11 Å². The molecular weight excluding hydrogens is 267 g/mol. The molecule has 1 aromatic rings. The van der Waals surface area contributed by atoms with Gasteiger partial charge in [-0.05, 0) is 33.8 Å². The summed E-state index contributed by atoms with van der Waals surface area (Å²) in [6.45, 7) is 9.51. The van der Waals surface area contributed by atoms with Crippen molar-refractivity contribution in [2.24, 2.45) is 0 Å². The Morgan fingerprint density at radius 3 is 2.24 bits per heavy atom. The van der Waals surface area contributed by atoms with Crippen molar-refractivity contribution in [1.82, 2.24) is 0 Å². The third kappa shape index (κ3) is 3.60. The van der Waals surface area contributed by atoms with Gasteiger partial charge in [-0.2, -0.15) is 0 Å². The van der Waals surface area contributed by atoms with E-state index >= 15 is 0 Å². The lowest BCUT2D eigenvalue weighted by Gasteiger charge is -2.32. The number of hydrogen-bond donors (Lipinski definition) is 0. The zero-order valence-electron chi connectivity index (χ0n) is 13.6. The Balaban J connectivity index is 2.10. The van der Waals surface area contributed by atoms with Gasteiger partial charge in [-0.15, -0.1) is 0 Å². The zero-order valence-corrected chi connectivity index (χ0v) is 13.6. The molecule has 116 valence electrons. The Morgan fingerprint density at radius 2 is 1.62 bits per heavy atom. The van der Waals surface area contributed by atoms with E-state index in [2.05, 4.69) is 27.7 Å². The van der Waals surface area contributed by atoms with Gasteiger partial charge in [0.1, 0.15) is 5.75 Å². The Kier molecular flexibility index (Phi) is 4.97. The summed E-state index contributed by atoms with van der Waals surface area (Å²) in [6, 6.07) is 7.88. The van der Waals surface area contributed by atoms with E-state index in [0.29, 0.717) is 13.2 Å². The lowest BCUT2D eigenvalue weighted by Crippen LogP contribution is -2.41. The molecule has 0 unspecified atom stereocenters. The fourth-order valence-corrected chi connectivity index (χ4v) is 2.16. The van der Waals surface area contributed by atoms with E-state index < -0.39 is 7.12 Å². The number of hydrogen-bond acceptors (Lipinski definition) is 4. The summed E-state index contributed by atoms with van der Waals surface area (Å²) in [5, 5.41) is 0. The van der Waals surface area contributed by atoms with E-state index in [9.17, 15) is 0 Å². The van der Waals surface area contributed by atoms with Crippen LogP contribution in [-0.4, -0.2) is 38.6 Å². The Labute approximate surface area is 127 Å². The summed E-state index contributed by atoms with van der Waals surface area (Å²) >= 11 is 0. The minimum absolute atomic E-state index is 0.346. The van der Waals surface area contributed by atoms with Gasteiger partial charge in [0.15, 0.2) is 0 Å². The standard InChI is InChI=1S/C16H25BO4/c1-15(2)16(3,4)21-17(20-15)13-9-6-7-10-14(13)19-12-8-11-18-5/h6-7,9-10H,8,11-12H2,1-5H3. The number of benzene rings is 1. The molecule has 0 saturated carbocycles. The average Bonchev–Trinajstić information content (AvgIpc) is 2.64. The van der Waals surface area contributed by atoms with E-state index in [1.165, 1.54) is 0 Å². The summed E-state index contributed by atoms with van der Waals surface area (Å²) in [5.74, 6) is 0.812. The van der Waals surface area contributed by atoms with Crippen LogP contribution in [0.5, 0.6) is 5.75 Å². The molecule has 1 aromatic carbocycles. The SMILES string of the molecule is COCCCOc1ccccc1B1OC(C)(C)C(C)(C)O1. The Morgan fingerprint density at radius 1 is 1.00 bits per heavy atom. The highest BCUT2D eigenvalue weighted by molar-refractivity contribution is 6.63. The molecule has 0 amide bonds. The molecule has 4 nitrogen and oxygen atoms in total. The first-order chi connectivity index (χ1) is 9.87. The molecule has 5 heteroatoms. The highest BCUT2D eigenvalue weighted by Gasteiger charge is 2.52. The van der Waals surface area contributed by atoms with E-state index in [0.717, 1.165) is 17.6 Å². The Hall–Kier alpha value is -1.04. The van der Waals surface area contributed by atoms with E-state index in [-0.39, 0.29) is 11.2 Å². The van der Waals surface area contributed by atoms with Crippen LogP contribution < -0.4 is 10.2 Å². The second-order valence-electron chi connectivity index (χ2n) is 6.32. The predicted octanol–water partition coefficient (Wildman–Crippen LogP) is 2.40. The van der Waals surface area contributed by atoms with Crippen molar-refractivity contribution in [3.05, 3.63) is 24.3 Å². The first-order valence-electron chi connectivity index (χ1n) is 7.44. The molecule has 0 N–H and O–H groups in total. The van der Waals surface area contributed by atoms with Crippen molar-refractivity contribution >= 4 is 12.6 Å². The lowest BCUT2D eigenvalue weighted by molar-refractivity contribution is 0.00578. The highest BCUT2D eigenvalue weighted by Crippen LogP contribution is 2.37. The van der Waals surface area contributed by atoms with Gasteiger partial charge in [0, 0.05) is 25.6 Å². The highest BCUT2D eigenvalue weighted by atomic mass is 16.7. The van der Waals surface area contributed by atoms with Crippen molar-refractivity contribution in [3.8, 4) is 5.75 Å².